The topological polar surface area (TPSA) is 81.2 Å². The summed E-state index contributed by atoms with van der Waals surface area (Å²) >= 11 is 0. The van der Waals surface area contributed by atoms with E-state index in [1.54, 1.807) is 4.90 Å². The minimum Gasteiger partial charge on any atom is -0.481 e. The molecule has 27 heavy (non-hydrogen) atoms. The van der Waals surface area contributed by atoms with E-state index in [4.69, 9.17) is 5.11 Å². The van der Waals surface area contributed by atoms with E-state index in [9.17, 15) is 14.4 Å². The number of carboxylic acids is 1. The van der Waals surface area contributed by atoms with Gasteiger partial charge in [-0.2, -0.15) is 0 Å². The van der Waals surface area contributed by atoms with Crippen LogP contribution in [0.4, 0.5) is 5.69 Å². The second-order valence-electron chi connectivity index (χ2n) is 7.22. The Labute approximate surface area is 159 Å². The highest BCUT2D eigenvalue weighted by Crippen LogP contribution is 2.19. The van der Waals surface area contributed by atoms with Gasteiger partial charge in [0.1, 0.15) is 0 Å². The zero-order chi connectivity index (χ0) is 19.2. The maximum Gasteiger partial charge on any atom is 0.308 e. The fraction of sp³-hybridized carbons (Fsp3) is 0.550. The van der Waals surface area contributed by atoms with Crippen molar-refractivity contribution < 1.29 is 19.5 Å². The monoisotopic (exact) mass is 373 g/mol. The molecule has 7 nitrogen and oxygen atoms in total. The first-order valence-electron chi connectivity index (χ1n) is 9.63. The number of piperazine rings is 1. The Hall–Kier alpha value is -2.57. The van der Waals surface area contributed by atoms with Crippen molar-refractivity contribution in [3.63, 3.8) is 0 Å². The van der Waals surface area contributed by atoms with Gasteiger partial charge in [-0.05, 0) is 25.0 Å². The molecular formula is C20H27N3O4. The number of para-hydroxylation sites is 1. The zero-order valence-electron chi connectivity index (χ0n) is 15.5. The molecule has 146 valence electrons. The number of amides is 2. The van der Waals surface area contributed by atoms with Crippen LogP contribution in [-0.2, 0) is 14.4 Å². The minimum absolute atomic E-state index is 0.00264. The maximum atomic E-state index is 12.4. The second kappa shape index (κ2) is 8.88. The number of benzene rings is 1. The molecule has 0 bridgehead atoms. The molecule has 0 radical (unpaired) electrons. The molecule has 0 spiro atoms. The highest BCUT2D eigenvalue weighted by Gasteiger charge is 2.28. The van der Waals surface area contributed by atoms with Crippen molar-refractivity contribution >= 4 is 23.5 Å². The molecule has 2 aliphatic rings. The van der Waals surface area contributed by atoms with Crippen LogP contribution in [0, 0.1) is 5.92 Å². The Morgan fingerprint density at radius 2 is 1.52 bits per heavy atom. The summed E-state index contributed by atoms with van der Waals surface area (Å²) in [6.07, 6.45) is 1.67. The van der Waals surface area contributed by atoms with Crippen molar-refractivity contribution in [2.75, 3.05) is 44.2 Å². The maximum absolute atomic E-state index is 12.4. The second-order valence-corrected chi connectivity index (χ2v) is 7.22. The largest absolute Gasteiger partial charge is 0.481 e. The van der Waals surface area contributed by atoms with Crippen molar-refractivity contribution in [2.24, 2.45) is 5.92 Å². The molecule has 2 amide bonds. The Morgan fingerprint density at radius 3 is 2.15 bits per heavy atom. The van der Waals surface area contributed by atoms with Crippen molar-refractivity contribution in [3.8, 4) is 0 Å². The first kappa shape index (κ1) is 19.2. The SMILES string of the molecule is O=C(O)C1CCCN(C(=O)CCC(=O)N2CCN(c3ccccc3)CC2)C1. The van der Waals surface area contributed by atoms with Crippen LogP contribution in [-0.4, -0.2) is 72.0 Å². The first-order valence-corrected chi connectivity index (χ1v) is 9.63. The number of nitrogens with zero attached hydrogens (tertiary/aromatic N) is 3. The molecule has 0 aliphatic carbocycles. The molecule has 1 unspecified atom stereocenters. The summed E-state index contributed by atoms with van der Waals surface area (Å²) < 4.78 is 0. The molecule has 3 rings (SSSR count). The van der Waals surface area contributed by atoms with Crippen LogP contribution in [0.2, 0.25) is 0 Å². The van der Waals surface area contributed by atoms with E-state index in [-0.39, 0.29) is 31.2 Å². The number of carbonyl (C=O) groups is 3. The first-order chi connectivity index (χ1) is 13.0. The van der Waals surface area contributed by atoms with E-state index in [1.807, 2.05) is 23.1 Å². The zero-order valence-corrected chi connectivity index (χ0v) is 15.5. The summed E-state index contributed by atoms with van der Waals surface area (Å²) in [6, 6.07) is 10.1. The number of hydrogen-bond donors (Lipinski definition) is 1. The molecular weight excluding hydrogens is 346 g/mol. The molecule has 0 saturated carbocycles. The van der Waals surface area contributed by atoms with Gasteiger partial charge in [0.2, 0.25) is 11.8 Å². The number of anilines is 1. The highest BCUT2D eigenvalue weighted by molar-refractivity contribution is 5.84. The number of piperidine rings is 1. The lowest BCUT2D eigenvalue weighted by atomic mass is 9.98. The summed E-state index contributed by atoms with van der Waals surface area (Å²) in [5.41, 5.74) is 1.16. The summed E-state index contributed by atoms with van der Waals surface area (Å²) in [4.78, 5) is 41.6. The van der Waals surface area contributed by atoms with Gasteiger partial charge in [-0.3, -0.25) is 14.4 Å². The Balaban J connectivity index is 1.42. The van der Waals surface area contributed by atoms with Crippen LogP contribution in [0.3, 0.4) is 0 Å². The van der Waals surface area contributed by atoms with E-state index in [1.165, 1.54) is 0 Å². The third kappa shape index (κ3) is 4.99. The van der Waals surface area contributed by atoms with Gasteiger partial charge >= 0.3 is 5.97 Å². The van der Waals surface area contributed by atoms with E-state index in [0.717, 1.165) is 18.8 Å². The average molecular weight is 373 g/mol. The van der Waals surface area contributed by atoms with E-state index in [0.29, 0.717) is 32.5 Å². The van der Waals surface area contributed by atoms with Gasteiger partial charge in [0.25, 0.3) is 0 Å². The van der Waals surface area contributed by atoms with Crippen LogP contribution >= 0.6 is 0 Å². The van der Waals surface area contributed by atoms with Gasteiger partial charge in [0.05, 0.1) is 5.92 Å². The predicted molar refractivity (Wildman–Crippen MR) is 101 cm³/mol. The quantitative estimate of drug-likeness (QED) is 0.845. The third-order valence-corrected chi connectivity index (χ3v) is 5.43. The van der Waals surface area contributed by atoms with Crippen molar-refractivity contribution in [1.29, 1.82) is 0 Å². The van der Waals surface area contributed by atoms with Gasteiger partial charge in [-0.25, -0.2) is 0 Å². The Kier molecular flexibility index (Phi) is 6.32. The summed E-state index contributed by atoms with van der Waals surface area (Å²) in [7, 11) is 0. The molecule has 2 heterocycles. The summed E-state index contributed by atoms with van der Waals surface area (Å²) in [5.74, 6) is -1.44. The highest BCUT2D eigenvalue weighted by atomic mass is 16.4. The van der Waals surface area contributed by atoms with E-state index >= 15 is 0 Å². The minimum atomic E-state index is -0.847. The molecule has 2 saturated heterocycles. The standard InChI is InChI=1S/C20H27N3O4/c24-18(8-9-19(25)23-10-4-5-16(15-23)20(26)27)22-13-11-21(12-14-22)17-6-2-1-3-7-17/h1-3,6-7,16H,4-5,8-15H2,(H,26,27). The normalized spacial score (nSPS) is 20.4. The van der Waals surface area contributed by atoms with Gasteiger partial charge in [0, 0.05) is 57.8 Å². The number of rotatable bonds is 5. The van der Waals surface area contributed by atoms with Gasteiger partial charge < -0.3 is 19.8 Å². The molecule has 7 heteroatoms. The fourth-order valence-corrected chi connectivity index (χ4v) is 3.79. The van der Waals surface area contributed by atoms with E-state index < -0.39 is 11.9 Å². The van der Waals surface area contributed by atoms with Crippen LogP contribution in [0.15, 0.2) is 30.3 Å². The molecule has 2 aliphatic heterocycles. The summed E-state index contributed by atoms with van der Waals surface area (Å²) in [6.45, 7) is 3.75. The molecule has 0 aromatic heterocycles. The molecule has 1 aromatic rings. The molecule has 2 fully saturated rings. The third-order valence-electron chi connectivity index (χ3n) is 5.43. The fourth-order valence-electron chi connectivity index (χ4n) is 3.79. The number of hydrogen-bond acceptors (Lipinski definition) is 4. The number of aliphatic carboxylic acids is 1. The molecule has 1 aromatic carbocycles. The molecule has 1 atom stereocenters. The van der Waals surface area contributed by atoms with Crippen LogP contribution in [0.1, 0.15) is 25.7 Å². The van der Waals surface area contributed by atoms with Crippen LogP contribution in [0.25, 0.3) is 0 Å². The summed E-state index contributed by atoms with van der Waals surface area (Å²) in [5, 5.41) is 9.13. The number of carbonyl (C=O) groups excluding carboxylic acids is 2. The van der Waals surface area contributed by atoms with E-state index in [2.05, 4.69) is 17.0 Å². The number of carboxylic acid groups (broad SMARTS) is 1. The lowest BCUT2D eigenvalue weighted by molar-refractivity contribution is -0.146. The predicted octanol–water partition coefficient (Wildman–Crippen LogP) is 1.44. The average Bonchev–Trinajstić information content (AvgIpc) is 2.72. The lowest BCUT2D eigenvalue weighted by Gasteiger charge is -2.36. The van der Waals surface area contributed by atoms with Gasteiger partial charge in [0.15, 0.2) is 0 Å². The van der Waals surface area contributed by atoms with Crippen LogP contribution < -0.4 is 4.90 Å². The van der Waals surface area contributed by atoms with Gasteiger partial charge in [-0.1, -0.05) is 18.2 Å². The Morgan fingerprint density at radius 1 is 0.889 bits per heavy atom. The molecule has 1 N–H and O–H groups in total. The number of likely N-dealkylation sites (tertiary alicyclic amines) is 1. The van der Waals surface area contributed by atoms with Crippen molar-refractivity contribution in [3.05, 3.63) is 30.3 Å². The smallest absolute Gasteiger partial charge is 0.308 e. The van der Waals surface area contributed by atoms with Crippen LogP contribution in [0.5, 0.6) is 0 Å². The lowest BCUT2D eigenvalue weighted by Crippen LogP contribution is -2.49. The van der Waals surface area contributed by atoms with Crippen molar-refractivity contribution in [2.45, 2.75) is 25.7 Å². The van der Waals surface area contributed by atoms with Gasteiger partial charge in [-0.15, -0.1) is 0 Å². The Bertz CT molecular complexity index is 671. The van der Waals surface area contributed by atoms with Crippen molar-refractivity contribution in [1.82, 2.24) is 9.80 Å².